The van der Waals surface area contributed by atoms with Crippen LogP contribution in [0.2, 0.25) is 0 Å². The molecule has 2 heteroatoms. The highest BCUT2D eigenvalue weighted by molar-refractivity contribution is 4.47. The van der Waals surface area contributed by atoms with Gasteiger partial charge in [-0.25, -0.2) is 0 Å². The van der Waals surface area contributed by atoms with Crippen LogP contribution in [0.5, 0.6) is 0 Å². The molecule has 86 valence electrons. The number of nitrogens with zero attached hydrogens (tertiary/aromatic N) is 1. The SMILES string of the molecule is CC[N+](C)(CCCN)CCCC(C)C. The van der Waals surface area contributed by atoms with Crippen LogP contribution in [0.1, 0.15) is 40.0 Å². The number of hydrogen-bond acceptors (Lipinski definition) is 1. The third kappa shape index (κ3) is 6.39. The predicted molar refractivity (Wildman–Crippen MR) is 64.2 cm³/mol. The second kappa shape index (κ2) is 7.24. The van der Waals surface area contributed by atoms with E-state index < -0.39 is 0 Å². The molecule has 1 atom stereocenters. The lowest BCUT2D eigenvalue weighted by Gasteiger charge is -2.33. The standard InChI is InChI=1S/C12H29N2/c1-5-14(4,11-7-9-13)10-6-8-12(2)3/h12H,5-11,13H2,1-4H3/q+1. The Morgan fingerprint density at radius 2 is 1.71 bits per heavy atom. The maximum Gasteiger partial charge on any atom is 0.0796 e. The first-order valence-corrected chi connectivity index (χ1v) is 6.07. The van der Waals surface area contributed by atoms with Crippen LogP contribution in [-0.2, 0) is 0 Å². The third-order valence-corrected chi connectivity index (χ3v) is 3.14. The lowest BCUT2D eigenvalue weighted by molar-refractivity contribution is -0.908. The van der Waals surface area contributed by atoms with Gasteiger partial charge in [-0.15, -0.1) is 0 Å². The molecule has 0 rings (SSSR count). The number of quaternary nitrogens is 1. The van der Waals surface area contributed by atoms with Gasteiger partial charge in [-0.1, -0.05) is 13.8 Å². The summed E-state index contributed by atoms with van der Waals surface area (Å²) in [4.78, 5) is 0. The molecular formula is C12H29N2+. The lowest BCUT2D eigenvalue weighted by atomic mass is 10.1. The first-order valence-electron chi connectivity index (χ1n) is 6.07. The Kier molecular flexibility index (Phi) is 7.20. The van der Waals surface area contributed by atoms with Gasteiger partial charge in [0.25, 0.3) is 0 Å². The van der Waals surface area contributed by atoms with Crippen LogP contribution < -0.4 is 5.73 Å². The monoisotopic (exact) mass is 201 g/mol. The molecule has 0 fully saturated rings. The Labute approximate surface area is 90.1 Å². The van der Waals surface area contributed by atoms with Crippen LogP contribution in [0, 0.1) is 5.92 Å². The Morgan fingerprint density at radius 1 is 1.14 bits per heavy atom. The van der Waals surface area contributed by atoms with Crippen molar-refractivity contribution < 1.29 is 4.48 Å². The minimum absolute atomic E-state index is 0.831. The molecular weight excluding hydrogens is 172 g/mol. The quantitative estimate of drug-likeness (QED) is 0.599. The van der Waals surface area contributed by atoms with Gasteiger partial charge in [-0.05, 0) is 32.2 Å². The first-order chi connectivity index (χ1) is 6.54. The van der Waals surface area contributed by atoms with E-state index in [9.17, 15) is 0 Å². The van der Waals surface area contributed by atoms with Crippen LogP contribution in [-0.4, -0.2) is 37.7 Å². The second-order valence-electron chi connectivity index (χ2n) is 5.06. The van der Waals surface area contributed by atoms with Crippen molar-refractivity contribution in [2.24, 2.45) is 11.7 Å². The van der Waals surface area contributed by atoms with Gasteiger partial charge in [-0.3, -0.25) is 0 Å². The fourth-order valence-electron chi connectivity index (χ4n) is 1.78. The maximum absolute atomic E-state index is 5.56. The maximum atomic E-state index is 5.56. The van der Waals surface area contributed by atoms with Gasteiger partial charge in [0.15, 0.2) is 0 Å². The molecule has 0 amide bonds. The molecule has 0 saturated heterocycles. The number of rotatable bonds is 8. The van der Waals surface area contributed by atoms with Crippen molar-refractivity contribution in [1.29, 1.82) is 0 Å². The van der Waals surface area contributed by atoms with Crippen LogP contribution in [0.4, 0.5) is 0 Å². The molecule has 0 aliphatic rings. The smallest absolute Gasteiger partial charge is 0.0796 e. The fourth-order valence-corrected chi connectivity index (χ4v) is 1.78. The van der Waals surface area contributed by atoms with Crippen molar-refractivity contribution in [2.75, 3.05) is 33.2 Å². The van der Waals surface area contributed by atoms with Gasteiger partial charge in [0, 0.05) is 6.42 Å². The third-order valence-electron chi connectivity index (χ3n) is 3.14. The van der Waals surface area contributed by atoms with Crippen molar-refractivity contribution in [3.63, 3.8) is 0 Å². The van der Waals surface area contributed by atoms with Crippen molar-refractivity contribution in [3.8, 4) is 0 Å². The summed E-state index contributed by atoms with van der Waals surface area (Å²) in [5, 5.41) is 0. The van der Waals surface area contributed by atoms with E-state index >= 15 is 0 Å². The normalized spacial score (nSPS) is 15.9. The van der Waals surface area contributed by atoms with Gasteiger partial charge in [0.2, 0.25) is 0 Å². The Hall–Kier alpha value is -0.0800. The molecule has 14 heavy (non-hydrogen) atoms. The summed E-state index contributed by atoms with van der Waals surface area (Å²) in [5.41, 5.74) is 5.56. The van der Waals surface area contributed by atoms with E-state index in [2.05, 4.69) is 27.8 Å². The van der Waals surface area contributed by atoms with E-state index in [1.807, 2.05) is 0 Å². The summed E-state index contributed by atoms with van der Waals surface area (Å²) in [6.45, 7) is 11.5. The highest BCUT2D eigenvalue weighted by atomic mass is 15.3. The Bertz CT molecular complexity index is 134. The van der Waals surface area contributed by atoms with Gasteiger partial charge >= 0.3 is 0 Å². The summed E-state index contributed by atoms with van der Waals surface area (Å²) in [7, 11) is 2.36. The largest absolute Gasteiger partial charge is 0.330 e. The Balaban J connectivity index is 3.74. The van der Waals surface area contributed by atoms with Crippen molar-refractivity contribution >= 4 is 0 Å². The molecule has 0 aromatic rings. The molecule has 0 aliphatic carbocycles. The van der Waals surface area contributed by atoms with E-state index in [1.54, 1.807) is 0 Å². The van der Waals surface area contributed by atoms with Crippen LogP contribution >= 0.6 is 0 Å². The summed E-state index contributed by atoms with van der Waals surface area (Å²) < 4.78 is 1.20. The minimum Gasteiger partial charge on any atom is -0.330 e. The molecule has 2 nitrogen and oxygen atoms in total. The molecule has 0 heterocycles. The predicted octanol–water partition coefficient (Wildman–Crippen LogP) is 2.24. The van der Waals surface area contributed by atoms with E-state index in [-0.39, 0.29) is 0 Å². The van der Waals surface area contributed by atoms with Gasteiger partial charge in [-0.2, -0.15) is 0 Å². The highest BCUT2D eigenvalue weighted by Crippen LogP contribution is 2.10. The molecule has 0 aromatic carbocycles. The zero-order valence-corrected chi connectivity index (χ0v) is 10.6. The van der Waals surface area contributed by atoms with Gasteiger partial charge < -0.3 is 10.2 Å². The van der Waals surface area contributed by atoms with Crippen molar-refractivity contribution in [3.05, 3.63) is 0 Å². The number of hydrogen-bond donors (Lipinski definition) is 1. The summed E-state index contributed by atoms with van der Waals surface area (Å²) >= 11 is 0. The zero-order valence-electron chi connectivity index (χ0n) is 10.6. The van der Waals surface area contributed by atoms with Crippen LogP contribution in [0.3, 0.4) is 0 Å². The number of nitrogens with two attached hydrogens (primary N) is 1. The minimum atomic E-state index is 0.831. The molecule has 2 N–H and O–H groups in total. The molecule has 0 spiro atoms. The molecule has 0 radical (unpaired) electrons. The average Bonchev–Trinajstić information content (AvgIpc) is 2.14. The molecule has 0 aromatic heterocycles. The van der Waals surface area contributed by atoms with Crippen LogP contribution in [0.25, 0.3) is 0 Å². The Morgan fingerprint density at radius 3 is 2.14 bits per heavy atom. The zero-order chi connectivity index (χ0) is 11.0. The van der Waals surface area contributed by atoms with Crippen molar-refractivity contribution in [1.82, 2.24) is 0 Å². The van der Waals surface area contributed by atoms with Gasteiger partial charge in [0.1, 0.15) is 0 Å². The summed E-state index contributed by atoms with van der Waals surface area (Å²) in [5.74, 6) is 0.842. The molecule has 1 unspecified atom stereocenters. The van der Waals surface area contributed by atoms with E-state index in [1.165, 1.54) is 37.0 Å². The van der Waals surface area contributed by atoms with E-state index in [0.717, 1.165) is 18.9 Å². The molecule has 0 aliphatic heterocycles. The lowest BCUT2D eigenvalue weighted by Crippen LogP contribution is -2.45. The van der Waals surface area contributed by atoms with Crippen molar-refractivity contribution in [2.45, 2.75) is 40.0 Å². The van der Waals surface area contributed by atoms with E-state index in [4.69, 9.17) is 5.73 Å². The van der Waals surface area contributed by atoms with Crippen LogP contribution in [0.15, 0.2) is 0 Å². The molecule has 0 bridgehead atoms. The van der Waals surface area contributed by atoms with Gasteiger partial charge in [0.05, 0.1) is 26.7 Å². The average molecular weight is 201 g/mol. The summed E-state index contributed by atoms with van der Waals surface area (Å²) in [6.07, 6.45) is 3.87. The fraction of sp³-hybridized carbons (Fsp3) is 1.00. The topological polar surface area (TPSA) is 26.0 Å². The molecule has 0 saturated carbocycles. The summed E-state index contributed by atoms with van der Waals surface area (Å²) in [6, 6.07) is 0. The first kappa shape index (κ1) is 13.9. The van der Waals surface area contributed by atoms with E-state index in [0.29, 0.717) is 0 Å². The highest BCUT2D eigenvalue weighted by Gasteiger charge is 2.17. The second-order valence-corrected chi connectivity index (χ2v) is 5.06.